The van der Waals surface area contributed by atoms with Gasteiger partial charge in [0.25, 0.3) is 0 Å². The predicted octanol–water partition coefficient (Wildman–Crippen LogP) is 3.13. The molecule has 10 heteroatoms. The van der Waals surface area contributed by atoms with Gasteiger partial charge in [-0.05, 0) is 69.6 Å². The first kappa shape index (κ1) is 26.3. The SMILES string of the molecule is CNC(=O)C1CCN(Cc2ccc(N3CCN(c4cccc(C(=N)N(C=N)C(C)C)n4)C3=O)cc2)CC1. The lowest BCUT2D eigenvalue weighted by atomic mass is 9.95. The summed E-state index contributed by atoms with van der Waals surface area (Å²) in [5.74, 6) is 0.875. The van der Waals surface area contributed by atoms with E-state index in [0.717, 1.165) is 44.5 Å². The molecule has 0 unspecified atom stereocenters. The number of hydrogen-bond acceptors (Lipinski definition) is 6. The summed E-state index contributed by atoms with van der Waals surface area (Å²) in [6.07, 6.45) is 2.88. The summed E-state index contributed by atoms with van der Waals surface area (Å²) in [6, 6.07) is 13.2. The van der Waals surface area contributed by atoms with Gasteiger partial charge in [-0.3, -0.25) is 30.3 Å². The molecule has 0 bridgehead atoms. The number of aromatic nitrogens is 1. The lowest BCUT2D eigenvalue weighted by molar-refractivity contribution is -0.125. The van der Waals surface area contributed by atoms with Crippen molar-refractivity contribution in [3.63, 3.8) is 0 Å². The Balaban J connectivity index is 1.38. The number of carbonyl (C=O) groups excluding carboxylic acids is 2. The van der Waals surface area contributed by atoms with Crippen LogP contribution >= 0.6 is 0 Å². The van der Waals surface area contributed by atoms with Crippen LogP contribution in [0.3, 0.4) is 0 Å². The van der Waals surface area contributed by atoms with Crippen LogP contribution in [0.2, 0.25) is 0 Å². The van der Waals surface area contributed by atoms with Crippen LogP contribution in [0.25, 0.3) is 0 Å². The number of piperidine rings is 1. The molecule has 0 spiro atoms. The Kier molecular flexibility index (Phi) is 8.17. The first-order valence-electron chi connectivity index (χ1n) is 12.8. The fourth-order valence-corrected chi connectivity index (χ4v) is 4.90. The number of urea groups is 1. The highest BCUT2D eigenvalue weighted by atomic mass is 16.2. The van der Waals surface area contributed by atoms with Crippen LogP contribution in [0.4, 0.5) is 16.3 Å². The molecule has 0 atom stereocenters. The van der Waals surface area contributed by atoms with Crippen molar-refractivity contribution in [3.8, 4) is 0 Å². The van der Waals surface area contributed by atoms with Crippen LogP contribution in [0, 0.1) is 16.7 Å². The Morgan fingerprint density at radius 2 is 1.78 bits per heavy atom. The van der Waals surface area contributed by atoms with E-state index in [2.05, 4.69) is 27.3 Å². The summed E-state index contributed by atoms with van der Waals surface area (Å²) in [7, 11) is 1.70. The number of anilines is 2. The Hall–Kier alpha value is -3.79. The predicted molar refractivity (Wildman–Crippen MR) is 145 cm³/mol. The molecule has 0 aliphatic carbocycles. The van der Waals surface area contributed by atoms with E-state index in [-0.39, 0.29) is 29.7 Å². The molecule has 2 aliphatic rings. The minimum atomic E-state index is -0.145. The van der Waals surface area contributed by atoms with E-state index in [4.69, 9.17) is 10.8 Å². The van der Waals surface area contributed by atoms with E-state index in [1.54, 1.807) is 35.0 Å². The minimum absolute atomic E-state index is 0.0447. The second-order valence-electron chi connectivity index (χ2n) is 9.78. The third kappa shape index (κ3) is 5.80. The molecular weight excluding hydrogens is 468 g/mol. The summed E-state index contributed by atoms with van der Waals surface area (Å²) in [5, 5.41) is 18.8. The van der Waals surface area contributed by atoms with Crippen LogP contribution < -0.4 is 15.1 Å². The Bertz CT molecular complexity index is 1140. The summed E-state index contributed by atoms with van der Waals surface area (Å²) in [4.78, 5) is 37.0. The topological polar surface area (TPSA) is 120 Å². The zero-order chi connectivity index (χ0) is 26.5. The van der Waals surface area contributed by atoms with E-state index >= 15 is 0 Å². The smallest absolute Gasteiger partial charge is 0.330 e. The number of amidine groups is 1. The van der Waals surface area contributed by atoms with Gasteiger partial charge in [-0.15, -0.1) is 0 Å². The standard InChI is InChI=1S/C27H36N8O2/c1-19(2)35(18-28)25(29)23-5-4-6-24(31-23)34-16-15-33(27(34)37)22-9-7-20(8-10-22)17-32-13-11-21(12-14-32)26(36)30-3/h4-10,18-19,21,28-29H,11-17H2,1-3H3,(H,30,36). The molecule has 3 amide bonds. The average molecular weight is 505 g/mol. The van der Waals surface area contributed by atoms with E-state index in [9.17, 15) is 9.59 Å². The Labute approximate surface area is 218 Å². The molecule has 2 aromatic rings. The maximum atomic E-state index is 13.3. The van der Waals surface area contributed by atoms with Gasteiger partial charge < -0.3 is 10.2 Å². The number of carbonyl (C=O) groups is 2. The minimum Gasteiger partial charge on any atom is -0.359 e. The van der Waals surface area contributed by atoms with Gasteiger partial charge in [0.1, 0.15) is 11.5 Å². The molecule has 0 saturated carbocycles. The number of rotatable bonds is 8. The van der Waals surface area contributed by atoms with Gasteiger partial charge >= 0.3 is 6.03 Å². The average Bonchev–Trinajstić information content (AvgIpc) is 3.30. The summed E-state index contributed by atoms with van der Waals surface area (Å²) >= 11 is 0. The van der Waals surface area contributed by atoms with Gasteiger partial charge in [-0.1, -0.05) is 18.2 Å². The van der Waals surface area contributed by atoms with Gasteiger partial charge in [0.15, 0.2) is 5.84 Å². The largest absolute Gasteiger partial charge is 0.359 e. The van der Waals surface area contributed by atoms with Crippen molar-refractivity contribution in [1.29, 1.82) is 10.8 Å². The van der Waals surface area contributed by atoms with Crippen LogP contribution in [-0.2, 0) is 11.3 Å². The monoisotopic (exact) mass is 504 g/mol. The highest BCUT2D eigenvalue weighted by molar-refractivity contribution is 6.06. The fourth-order valence-electron chi connectivity index (χ4n) is 4.90. The van der Waals surface area contributed by atoms with Crippen LogP contribution in [-0.4, -0.2) is 78.2 Å². The fraction of sp³-hybridized carbons (Fsp3) is 0.444. The number of amides is 3. The third-order valence-electron chi connectivity index (χ3n) is 7.08. The molecule has 10 nitrogen and oxygen atoms in total. The molecule has 3 heterocycles. The van der Waals surface area contributed by atoms with Gasteiger partial charge in [-0.2, -0.15) is 0 Å². The molecule has 37 heavy (non-hydrogen) atoms. The molecule has 2 saturated heterocycles. The quantitative estimate of drug-likeness (QED) is 0.377. The maximum Gasteiger partial charge on any atom is 0.330 e. The van der Waals surface area contributed by atoms with Gasteiger partial charge in [-0.25, -0.2) is 9.78 Å². The van der Waals surface area contributed by atoms with E-state index in [0.29, 0.717) is 24.6 Å². The number of nitrogens with one attached hydrogen (secondary N) is 3. The second kappa shape index (κ2) is 11.5. The molecule has 1 aromatic heterocycles. The molecule has 2 fully saturated rings. The number of pyridine rings is 1. The molecule has 1 aromatic carbocycles. The van der Waals surface area contributed by atoms with Crippen molar-refractivity contribution >= 4 is 35.6 Å². The van der Waals surface area contributed by atoms with Crippen LogP contribution in [0.1, 0.15) is 37.9 Å². The summed E-state index contributed by atoms with van der Waals surface area (Å²) < 4.78 is 0. The lowest BCUT2D eigenvalue weighted by Crippen LogP contribution is -2.39. The first-order chi connectivity index (χ1) is 17.8. The third-order valence-corrected chi connectivity index (χ3v) is 7.08. The van der Waals surface area contributed by atoms with Crippen molar-refractivity contribution in [3.05, 3.63) is 53.7 Å². The van der Waals surface area contributed by atoms with Crippen molar-refractivity contribution < 1.29 is 9.59 Å². The van der Waals surface area contributed by atoms with E-state index in [1.165, 1.54) is 10.5 Å². The van der Waals surface area contributed by atoms with Crippen molar-refractivity contribution in [1.82, 2.24) is 20.1 Å². The molecule has 0 radical (unpaired) electrons. The van der Waals surface area contributed by atoms with Gasteiger partial charge in [0.2, 0.25) is 5.91 Å². The van der Waals surface area contributed by atoms with Gasteiger partial charge in [0, 0.05) is 44.3 Å². The molecular formula is C27H36N8O2. The van der Waals surface area contributed by atoms with Crippen molar-refractivity contribution in [2.24, 2.45) is 5.92 Å². The Morgan fingerprint density at radius 1 is 1.11 bits per heavy atom. The molecule has 2 aliphatic heterocycles. The summed E-state index contributed by atoms with van der Waals surface area (Å²) in [5.41, 5.74) is 2.44. The number of likely N-dealkylation sites (tertiary alicyclic amines) is 1. The second-order valence-corrected chi connectivity index (χ2v) is 9.78. The molecule has 3 N–H and O–H groups in total. The number of benzene rings is 1. The van der Waals surface area contributed by atoms with E-state index < -0.39 is 0 Å². The van der Waals surface area contributed by atoms with Gasteiger partial charge in [0.05, 0.1) is 6.34 Å². The number of nitrogens with zero attached hydrogens (tertiary/aromatic N) is 5. The zero-order valence-electron chi connectivity index (χ0n) is 21.8. The molecule has 196 valence electrons. The molecule has 4 rings (SSSR count). The highest BCUT2D eigenvalue weighted by Gasteiger charge is 2.32. The van der Waals surface area contributed by atoms with Crippen LogP contribution in [0.5, 0.6) is 0 Å². The highest BCUT2D eigenvalue weighted by Crippen LogP contribution is 2.26. The first-order valence-corrected chi connectivity index (χ1v) is 12.8. The van der Waals surface area contributed by atoms with Crippen LogP contribution in [0.15, 0.2) is 42.5 Å². The summed E-state index contributed by atoms with van der Waals surface area (Å²) in [6.45, 7) is 7.50. The number of hydrogen-bond donors (Lipinski definition) is 3. The van der Waals surface area contributed by atoms with Crippen molar-refractivity contribution in [2.45, 2.75) is 39.3 Å². The Morgan fingerprint density at radius 3 is 2.41 bits per heavy atom. The lowest BCUT2D eigenvalue weighted by Gasteiger charge is -2.31. The zero-order valence-corrected chi connectivity index (χ0v) is 21.8. The maximum absolute atomic E-state index is 13.3. The van der Waals surface area contributed by atoms with Crippen molar-refractivity contribution in [2.75, 3.05) is 43.0 Å². The van der Waals surface area contributed by atoms with E-state index in [1.807, 2.05) is 26.0 Å². The normalized spacial score (nSPS) is 16.8.